The van der Waals surface area contributed by atoms with Crippen LogP contribution in [0.2, 0.25) is 0 Å². The van der Waals surface area contributed by atoms with Crippen LogP contribution >= 0.6 is 11.8 Å². The van der Waals surface area contributed by atoms with E-state index >= 15 is 0 Å². The van der Waals surface area contributed by atoms with E-state index in [2.05, 4.69) is 40.0 Å². The van der Waals surface area contributed by atoms with Crippen molar-refractivity contribution >= 4 is 28.7 Å². The molecule has 0 aliphatic carbocycles. The van der Waals surface area contributed by atoms with Gasteiger partial charge in [0.2, 0.25) is 0 Å². The van der Waals surface area contributed by atoms with Crippen molar-refractivity contribution in [1.29, 1.82) is 0 Å². The number of aromatic nitrogens is 4. The quantitative estimate of drug-likeness (QED) is 0.681. The molecule has 0 saturated carbocycles. The number of rotatable bonds is 4. The summed E-state index contributed by atoms with van der Waals surface area (Å²) in [6.07, 6.45) is 5.65. The molecule has 0 aliphatic rings. The molecule has 3 aromatic rings. The van der Waals surface area contributed by atoms with Crippen molar-refractivity contribution in [2.45, 2.75) is 17.0 Å². The first kappa shape index (κ1) is 14.5. The lowest BCUT2D eigenvalue weighted by Crippen LogP contribution is -1.93. The molecule has 5 heteroatoms. The minimum atomic E-state index is 0.813. The van der Waals surface area contributed by atoms with E-state index < -0.39 is 0 Å². The summed E-state index contributed by atoms with van der Waals surface area (Å²) >= 11 is 1.59. The zero-order valence-corrected chi connectivity index (χ0v) is 13.3. The second-order valence-electron chi connectivity index (χ2n) is 5.04. The Morgan fingerprint density at radius 3 is 2.95 bits per heavy atom. The maximum atomic E-state index is 4.33. The van der Waals surface area contributed by atoms with Crippen molar-refractivity contribution in [2.24, 2.45) is 7.05 Å². The largest absolute Gasteiger partial charge is 0.305 e. The Bertz CT molecular complexity index is 864. The highest BCUT2D eigenvalue weighted by atomic mass is 32.2. The smallest absolute Gasteiger partial charge is 0.196 e. The lowest BCUT2D eigenvalue weighted by molar-refractivity contribution is 0.782. The molecule has 3 rings (SSSR count). The van der Waals surface area contributed by atoms with Crippen LogP contribution in [0.3, 0.4) is 0 Å². The summed E-state index contributed by atoms with van der Waals surface area (Å²) in [6, 6.07) is 10.2. The zero-order valence-electron chi connectivity index (χ0n) is 12.5. The van der Waals surface area contributed by atoms with Gasteiger partial charge in [0, 0.05) is 23.5 Å². The summed E-state index contributed by atoms with van der Waals surface area (Å²) < 4.78 is 1.97. The molecule has 0 saturated heterocycles. The van der Waals surface area contributed by atoms with E-state index in [0.29, 0.717) is 0 Å². The number of hydrogen-bond donors (Lipinski definition) is 0. The van der Waals surface area contributed by atoms with E-state index in [1.165, 1.54) is 0 Å². The van der Waals surface area contributed by atoms with Crippen LogP contribution < -0.4 is 0 Å². The van der Waals surface area contributed by atoms with Gasteiger partial charge in [-0.3, -0.25) is 4.98 Å². The second-order valence-corrected chi connectivity index (χ2v) is 6.08. The summed E-state index contributed by atoms with van der Waals surface area (Å²) in [5, 5.41) is 10.4. The molecule has 0 N–H and O–H groups in total. The molecule has 0 amide bonds. The molecular formula is C17H16N4S. The highest BCUT2D eigenvalue weighted by Gasteiger charge is 2.08. The third-order valence-electron chi connectivity index (χ3n) is 3.17. The monoisotopic (exact) mass is 308 g/mol. The SMILES string of the molecule is C=C(C)/C=C\c1nnc(Sc2ccc3ncccc3c2)n1C. The minimum Gasteiger partial charge on any atom is -0.305 e. The van der Waals surface area contributed by atoms with E-state index in [0.717, 1.165) is 32.4 Å². The molecule has 0 atom stereocenters. The molecule has 110 valence electrons. The van der Waals surface area contributed by atoms with Crippen molar-refractivity contribution in [3.63, 3.8) is 0 Å². The minimum absolute atomic E-state index is 0.813. The molecule has 0 spiro atoms. The summed E-state index contributed by atoms with van der Waals surface area (Å²) in [4.78, 5) is 5.45. The first-order chi connectivity index (χ1) is 10.6. The Labute approximate surface area is 133 Å². The fourth-order valence-corrected chi connectivity index (χ4v) is 2.84. The van der Waals surface area contributed by atoms with Gasteiger partial charge in [-0.2, -0.15) is 0 Å². The Morgan fingerprint density at radius 2 is 2.14 bits per heavy atom. The van der Waals surface area contributed by atoms with E-state index in [4.69, 9.17) is 0 Å². The molecule has 1 aromatic carbocycles. The van der Waals surface area contributed by atoms with Gasteiger partial charge in [0.15, 0.2) is 11.0 Å². The van der Waals surface area contributed by atoms with Crippen molar-refractivity contribution in [1.82, 2.24) is 19.7 Å². The number of hydrogen-bond acceptors (Lipinski definition) is 4. The molecule has 0 bridgehead atoms. The highest BCUT2D eigenvalue weighted by molar-refractivity contribution is 7.99. The Morgan fingerprint density at radius 1 is 1.27 bits per heavy atom. The summed E-state index contributed by atoms with van der Waals surface area (Å²) in [7, 11) is 1.96. The molecular weight excluding hydrogens is 292 g/mol. The molecule has 4 nitrogen and oxygen atoms in total. The zero-order chi connectivity index (χ0) is 15.5. The third-order valence-corrected chi connectivity index (χ3v) is 4.20. The maximum absolute atomic E-state index is 4.33. The lowest BCUT2D eigenvalue weighted by atomic mass is 10.2. The van der Waals surface area contributed by atoms with Crippen LogP contribution in [0.15, 0.2) is 64.8 Å². The molecule has 2 aromatic heterocycles. The van der Waals surface area contributed by atoms with Gasteiger partial charge < -0.3 is 4.57 Å². The van der Waals surface area contributed by atoms with Gasteiger partial charge in [-0.1, -0.05) is 24.3 Å². The number of benzene rings is 1. The Balaban J connectivity index is 1.87. The molecule has 0 radical (unpaired) electrons. The van der Waals surface area contributed by atoms with Gasteiger partial charge in [-0.15, -0.1) is 10.2 Å². The van der Waals surface area contributed by atoms with Gasteiger partial charge in [0.05, 0.1) is 5.52 Å². The Hall–Kier alpha value is -2.40. The van der Waals surface area contributed by atoms with Crippen LogP contribution in [-0.4, -0.2) is 19.7 Å². The van der Waals surface area contributed by atoms with E-state index in [1.807, 2.05) is 42.8 Å². The van der Waals surface area contributed by atoms with Crippen LogP contribution in [0.5, 0.6) is 0 Å². The molecule has 0 fully saturated rings. The Kier molecular flexibility index (Phi) is 4.06. The van der Waals surface area contributed by atoms with Crippen LogP contribution in [-0.2, 0) is 7.05 Å². The van der Waals surface area contributed by atoms with Crippen molar-refractivity contribution in [3.8, 4) is 0 Å². The normalized spacial score (nSPS) is 11.4. The van der Waals surface area contributed by atoms with Crippen molar-refractivity contribution < 1.29 is 0 Å². The average molecular weight is 308 g/mol. The average Bonchev–Trinajstić information content (AvgIpc) is 2.86. The standard InChI is InChI=1S/C17H16N4S/c1-12(2)6-9-16-19-20-17(21(16)3)22-14-7-8-15-13(11-14)5-4-10-18-15/h4-11H,1H2,2-3H3/b9-6-. The first-order valence-corrected chi connectivity index (χ1v) is 7.71. The second kappa shape index (κ2) is 6.15. The van der Waals surface area contributed by atoms with Gasteiger partial charge in [0.25, 0.3) is 0 Å². The summed E-state index contributed by atoms with van der Waals surface area (Å²) in [5.74, 6) is 0.813. The van der Waals surface area contributed by atoms with Crippen LogP contribution in [0.25, 0.3) is 17.0 Å². The van der Waals surface area contributed by atoms with Crippen molar-refractivity contribution in [3.05, 3.63) is 60.6 Å². The number of allylic oxidation sites excluding steroid dienone is 2. The first-order valence-electron chi connectivity index (χ1n) is 6.89. The van der Waals surface area contributed by atoms with Crippen molar-refractivity contribution in [2.75, 3.05) is 0 Å². The third kappa shape index (κ3) is 3.09. The number of pyridine rings is 1. The highest BCUT2D eigenvalue weighted by Crippen LogP contribution is 2.28. The van der Waals surface area contributed by atoms with Gasteiger partial charge in [0.1, 0.15) is 0 Å². The number of nitrogens with zero attached hydrogens (tertiary/aromatic N) is 4. The predicted molar refractivity (Wildman–Crippen MR) is 90.7 cm³/mol. The van der Waals surface area contributed by atoms with Gasteiger partial charge >= 0.3 is 0 Å². The lowest BCUT2D eigenvalue weighted by Gasteiger charge is -2.03. The van der Waals surface area contributed by atoms with Gasteiger partial charge in [-0.05, 0) is 49.0 Å². The maximum Gasteiger partial charge on any atom is 0.196 e. The number of fused-ring (bicyclic) bond motifs is 1. The van der Waals surface area contributed by atoms with Crippen LogP contribution in [0, 0.1) is 0 Å². The predicted octanol–water partition coefficient (Wildman–Crippen LogP) is 4.10. The van der Waals surface area contributed by atoms with Gasteiger partial charge in [-0.25, -0.2) is 0 Å². The van der Waals surface area contributed by atoms with Crippen LogP contribution in [0.4, 0.5) is 0 Å². The van der Waals surface area contributed by atoms with E-state index in [9.17, 15) is 0 Å². The summed E-state index contributed by atoms with van der Waals surface area (Å²) in [6.45, 7) is 5.80. The fraction of sp³-hybridized carbons (Fsp3) is 0.118. The van der Waals surface area contributed by atoms with E-state index in [-0.39, 0.29) is 0 Å². The summed E-state index contributed by atoms with van der Waals surface area (Å²) in [5.41, 5.74) is 1.98. The molecule has 22 heavy (non-hydrogen) atoms. The topological polar surface area (TPSA) is 43.6 Å². The molecule has 0 unspecified atom stereocenters. The van der Waals surface area contributed by atoms with Crippen LogP contribution in [0.1, 0.15) is 12.7 Å². The molecule has 2 heterocycles. The fourth-order valence-electron chi connectivity index (χ4n) is 2.00. The molecule has 0 aliphatic heterocycles. The van der Waals surface area contributed by atoms with E-state index in [1.54, 1.807) is 18.0 Å².